The highest BCUT2D eigenvalue weighted by molar-refractivity contribution is 5.94. The highest BCUT2D eigenvalue weighted by Gasteiger charge is 2.77. The maximum atomic E-state index is 13.9. The van der Waals surface area contributed by atoms with Crippen LogP contribution in [0.3, 0.4) is 0 Å². The molecule has 0 aromatic heterocycles. The lowest BCUT2D eigenvalue weighted by atomic mass is 9.79. The topological polar surface area (TPSA) is 41.9 Å². The summed E-state index contributed by atoms with van der Waals surface area (Å²) in [4.78, 5) is 16.3. The van der Waals surface area contributed by atoms with E-state index < -0.39 is 35.9 Å². The summed E-state index contributed by atoms with van der Waals surface area (Å²) in [6, 6.07) is 4.65. The van der Waals surface area contributed by atoms with Crippen LogP contribution in [0.25, 0.3) is 0 Å². The lowest BCUT2D eigenvalue weighted by molar-refractivity contribution is -0.345. The van der Waals surface area contributed by atoms with Crippen molar-refractivity contribution in [1.82, 2.24) is 4.90 Å². The number of likely N-dealkylation sites (tertiary alicyclic amines) is 1. The minimum atomic E-state index is -6.60. The number of amides is 1. The molecule has 2 heterocycles. The van der Waals surface area contributed by atoms with Gasteiger partial charge in [-0.15, -0.1) is 0 Å². The zero-order valence-corrected chi connectivity index (χ0v) is 14.3. The number of rotatable bonds is 3. The molecule has 1 amide bonds. The molecular formula is C17H13F7N2O2. The van der Waals surface area contributed by atoms with E-state index in [0.29, 0.717) is 17.0 Å². The summed E-state index contributed by atoms with van der Waals surface area (Å²) in [6.07, 6.45) is -5.35. The van der Waals surface area contributed by atoms with Crippen molar-refractivity contribution < 1.29 is 40.3 Å². The number of ether oxygens (including phenoxy) is 1. The Morgan fingerprint density at radius 1 is 1.21 bits per heavy atom. The maximum Gasteiger partial charge on any atom is 0.460 e. The zero-order chi connectivity index (χ0) is 21.1. The number of allylic oxidation sites excluding steroid dienone is 1. The number of fused-ring (bicyclic) bond motifs is 2. The Kier molecular flexibility index (Phi) is 4.28. The van der Waals surface area contributed by atoms with E-state index >= 15 is 0 Å². The fourth-order valence-corrected chi connectivity index (χ4v) is 3.30. The molecule has 2 aliphatic rings. The van der Waals surface area contributed by atoms with Crippen LogP contribution in [-0.4, -0.2) is 48.7 Å². The fraction of sp³-hybridized carbons (Fsp3) is 0.412. The SMILES string of the molecule is C=C1N(C(=O)C(F)(F)C(F)(F)C(F)(F)F)CCC12C=Nc1ccc(OC)cc12. The summed E-state index contributed by atoms with van der Waals surface area (Å²) in [5.74, 6) is -14.8. The Balaban J connectivity index is 1.97. The van der Waals surface area contributed by atoms with Gasteiger partial charge >= 0.3 is 23.9 Å². The third-order valence-corrected chi connectivity index (χ3v) is 4.94. The van der Waals surface area contributed by atoms with Crippen LogP contribution in [0.2, 0.25) is 0 Å². The van der Waals surface area contributed by atoms with Gasteiger partial charge in [-0.3, -0.25) is 9.79 Å². The molecule has 1 saturated heterocycles. The molecule has 11 heteroatoms. The predicted octanol–water partition coefficient (Wildman–Crippen LogP) is 4.23. The number of hydrogen-bond donors (Lipinski definition) is 0. The first-order chi connectivity index (χ1) is 12.8. The zero-order valence-electron chi connectivity index (χ0n) is 14.3. The summed E-state index contributed by atoms with van der Waals surface area (Å²) in [5, 5.41) is 0. The number of nitrogens with zero attached hydrogens (tertiary/aromatic N) is 2. The van der Waals surface area contributed by atoms with E-state index in [1.54, 1.807) is 12.1 Å². The number of hydrogen-bond acceptors (Lipinski definition) is 3. The van der Waals surface area contributed by atoms with E-state index in [1.165, 1.54) is 19.4 Å². The fourth-order valence-electron chi connectivity index (χ4n) is 3.30. The van der Waals surface area contributed by atoms with Crippen LogP contribution in [0.5, 0.6) is 5.75 Å². The number of alkyl halides is 7. The lowest BCUT2D eigenvalue weighted by Gasteiger charge is -2.32. The van der Waals surface area contributed by atoms with Crippen LogP contribution >= 0.6 is 0 Å². The standard InChI is InChI=1S/C17H13F7N2O2/c1-9-14(8-25-12-4-3-10(28-2)7-11(12)14)5-6-26(9)13(27)15(18,19)16(20,21)17(22,23)24/h3-4,7-8H,1,5-6H2,2H3. The normalized spacial score (nSPS) is 22.1. The van der Waals surface area contributed by atoms with Gasteiger partial charge in [-0.05, 0) is 30.2 Å². The predicted molar refractivity (Wildman–Crippen MR) is 84.2 cm³/mol. The molecule has 0 aliphatic carbocycles. The third kappa shape index (κ3) is 2.51. The average Bonchev–Trinajstić information content (AvgIpc) is 3.15. The van der Waals surface area contributed by atoms with E-state index in [-0.39, 0.29) is 17.0 Å². The first-order valence-corrected chi connectivity index (χ1v) is 7.87. The molecule has 0 bridgehead atoms. The number of carbonyl (C=O) groups excluding carboxylic acids is 1. The number of benzene rings is 1. The summed E-state index contributed by atoms with van der Waals surface area (Å²) in [7, 11) is 1.38. The molecular weight excluding hydrogens is 397 g/mol. The molecule has 1 fully saturated rings. The largest absolute Gasteiger partial charge is 0.497 e. The van der Waals surface area contributed by atoms with Gasteiger partial charge in [0.2, 0.25) is 0 Å². The average molecular weight is 410 g/mol. The van der Waals surface area contributed by atoms with Gasteiger partial charge < -0.3 is 9.64 Å². The van der Waals surface area contributed by atoms with Crippen molar-refractivity contribution in [3.05, 3.63) is 36.0 Å². The minimum Gasteiger partial charge on any atom is -0.497 e. The lowest BCUT2D eigenvalue weighted by Crippen LogP contribution is -2.59. The third-order valence-electron chi connectivity index (χ3n) is 4.94. The molecule has 1 aromatic carbocycles. The summed E-state index contributed by atoms with van der Waals surface area (Å²) in [6.45, 7) is 2.99. The van der Waals surface area contributed by atoms with E-state index in [9.17, 15) is 35.5 Å². The molecule has 2 aliphatic heterocycles. The van der Waals surface area contributed by atoms with Gasteiger partial charge in [-0.2, -0.15) is 30.7 Å². The Morgan fingerprint density at radius 2 is 1.86 bits per heavy atom. The Hall–Kier alpha value is -2.59. The van der Waals surface area contributed by atoms with E-state index in [2.05, 4.69) is 11.6 Å². The van der Waals surface area contributed by atoms with Gasteiger partial charge in [0.1, 0.15) is 5.75 Å². The smallest absolute Gasteiger partial charge is 0.460 e. The Morgan fingerprint density at radius 3 is 2.43 bits per heavy atom. The van der Waals surface area contributed by atoms with Gasteiger partial charge in [0.05, 0.1) is 18.2 Å². The van der Waals surface area contributed by atoms with Crippen molar-refractivity contribution in [3.63, 3.8) is 0 Å². The number of methoxy groups -OCH3 is 1. The monoisotopic (exact) mass is 410 g/mol. The van der Waals surface area contributed by atoms with E-state index in [1.807, 2.05) is 0 Å². The van der Waals surface area contributed by atoms with Crippen molar-refractivity contribution in [2.75, 3.05) is 13.7 Å². The number of halogens is 7. The highest BCUT2D eigenvalue weighted by atomic mass is 19.4. The molecule has 0 radical (unpaired) electrons. The molecule has 1 unspecified atom stereocenters. The molecule has 28 heavy (non-hydrogen) atoms. The second-order valence-corrected chi connectivity index (χ2v) is 6.41. The van der Waals surface area contributed by atoms with Crippen molar-refractivity contribution in [2.45, 2.75) is 29.9 Å². The van der Waals surface area contributed by atoms with Crippen molar-refractivity contribution >= 4 is 17.8 Å². The van der Waals surface area contributed by atoms with Crippen molar-refractivity contribution in [1.29, 1.82) is 0 Å². The summed E-state index contributed by atoms with van der Waals surface area (Å²) < 4.78 is 96.5. The van der Waals surface area contributed by atoms with Crippen LogP contribution in [0.4, 0.5) is 36.4 Å². The van der Waals surface area contributed by atoms with Crippen LogP contribution in [0.1, 0.15) is 12.0 Å². The van der Waals surface area contributed by atoms with Gasteiger partial charge in [-0.1, -0.05) is 6.58 Å². The molecule has 0 saturated carbocycles. The summed E-state index contributed by atoms with van der Waals surface area (Å²) >= 11 is 0. The Bertz CT molecular complexity index is 879. The van der Waals surface area contributed by atoms with Crippen LogP contribution in [-0.2, 0) is 10.2 Å². The van der Waals surface area contributed by atoms with Crippen LogP contribution in [0, 0.1) is 0 Å². The van der Waals surface area contributed by atoms with Crippen LogP contribution < -0.4 is 4.74 Å². The molecule has 3 rings (SSSR count). The number of carbonyl (C=O) groups is 1. The van der Waals surface area contributed by atoms with Crippen molar-refractivity contribution in [2.24, 2.45) is 4.99 Å². The van der Waals surface area contributed by atoms with Crippen LogP contribution in [0.15, 0.2) is 35.5 Å². The second-order valence-electron chi connectivity index (χ2n) is 6.41. The van der Waals surface area contributed by atoms with E-state index in [4.69, 9.17) is 4.74 Å². The van der Waals surface area contributed by atoms with Crippen molar-refractivity contribution in [3.8, 4) is 5.75 Å². The minimum absolute atomic E-state index is 0.0606. The number of aliphatic imine (C=N–C) groups is 1. The maximum absolute atomic E-state index is 13.9. The molecule has 1 atom stereocenters. The molecule has 4 nitrogen and oxygen atoms in total. The quantitative estimate of drug-likeness (QED) is 0.700. The first kappa shape index (κ1) is 20.2. The Labute approximate surface area is 154 Å². The molecule has 0 N–H and O–H groups in total. The van der Waals surface area contributed by atoms with Gasteiger partial charge in [0.15, 0.2) is 0 Å². The molecule has 152 valence electrons. The summed E-state index contributed by atoms with van der Waals surface area (Å²) in [5.41, 5.74) is -0.782. The van der Waals surface area contributed by atoms with Gasteiger partial charge in [-0.25, -0.2) is 0 Å². The first-order valence-electron chi connectivity index (χ1n) is 7.87. The van der Waals surface area contributed by atoms with Gasteiger partial charge in [0.25, 0.3) is 0 Å². The molecule has 1 spiro atoms. The van der Waals surface area contributed by atoms with E-state index in [0.717, 1.165) is 0 Å². The van der Waals surface area contributed by atoms with Gasteiger partial charge in [0, 0.05) is 18.5 Å². The highest BCUT2D eigenvalue weighted by Crippen LogP contribution is 2.52. The molecule has 1 aromatic rings. The second kappa shape index (κ2) is 5.95.